The molecule has 0 bridgehead atoms. The smallest absolute Gasteiger partial charge is 0.407 e. The van der Waals surface area contributed by atoms with Crippen molar-refractivity contribution in [3.63, 3.8) is 0 Å². The second kappa shape index (κ2) is 12.6. The van der Waals surface area contributed by atoms with E-state index in [9.17, 15) is 18.0 Å². The van der Waals surface area contributed by atoms with Crippen LogP contribution in [-0.4, -0.2) is 32.6 Å². The Morgan fingerprint density at radius 2 is 1.53 bits per heavy atom. The zero-order valence-corrected chi connectivity index (χ0v) is 22.8. The molecule has 0 spiro atoms. The third kappa shape index (κ3) is 9.23. The van der Waals surface area contributed by atoms with Crippen LogP contribution in [0.15, 0.2) is 83.8 Å². The van der Waals surface area contributed by atoms with Crippen molar-refractivity contribution >= 4 is 22.2 Å². The molecule has 0 saturated carbocycles. The lowest BCUT2D eigenvalue weighted by atomic mass is 9.95. The van der Waals surface area contributed by atoms with Gasteiger partial charge in [-0.1, -0.05) is 60.2 Å². The number of carbonyl (C=O) groups is 2. The van der Waals surface area contributed by atoms with Crippen LogP contribution >= 0.6 is 0 Å². The van der Waals surface area contributed by atoms with Crippen molar-refractivity contribution in [1.82, 2.24) is 5.32 Å². The first-order valence-electron chi connectivity index (χ1n) is 12.2. The minimum Gasteiger partial charge on any atom is -0.460 e. The van der Waals surface area contributed by atoms with Crippen LogP contribution in [0.4, 0.5) is 4.79 Å². The Balaban J connectivity index is 1.68. The van der Waals surface area contributed by atoms with Gasteiger partial charge in [0.25, 0.3) is 0 Å². The Morgan fingerprint density at radius 1 is 0.895 bits per heavy atom. The first-order valence-corrected chi connectivity index (χ1v) is 13.6. The average Bonchev–Trinajstić information content (AvgIpc) is 2.85. The van der Waals surface area contributed by atoms with Crippen LogP contribution in [0.25, 0.3) is 0 Å². The van der Waals surface area contributed by atoms with E-state index in [0.29, 0.717) is 5.56 Å². The monoisotopic (exact) mass is 539 g/mol. The highest BCUT2D eigenvalue weighted by Crippen LogP contribution is 2.26. The van der Waals surface area contributed by atoms with Crippen molar-refractivity contribution < 1.29 is 31.7 Å². The predicted molar refractivity (Wildman–Crippen MR) is 143 cm³/mol. The highest BCUT2D eigenvalue weighted by atomic mass is 32.2. The minimum atomic E-state index is -4.00. The van der Waals surface area contributed by atoms with Gasteiger partial charge in [0.05, 0.1) is 6.42 Å². The van der Waals surface area contributed by atoms with E-state index in [-0.39, 0.29) is 30.2 Å². The fourth-order valence-electron chi connectivity index (χ4n) is 3.55. The Labute approximate surface area is 224 Å². The Bertz CT molecular complexity index is 1310. The molecule has 202 valence electrons. The molecule has 3 aromatic rings. The first-order chi connectivity index (χ1) is 17.9. The van der Waals surface area contributed by atoms with Crippen molar-refractivity contribution in [1.29, 1.82) is 0 Å². The van der Waals surface area contributed by atoms with Crippen LogP contribution in [0.2, 0.25) is 0 Å². The van der Waals surface area contributed by atoms with Gasteiger partial charge in [-0.25, -0.2) is 4.79 Å². The molecule has 1 atom stereocenters. The number of amides is 1. The van der Waals surface area contributed by atoms with Crippen LogP contribution in [0, 0.1) is 6.92 Å². The maximum atomic E-state index is 12.6. The second-order valence-electron chi connectivity index (χ2n) is 9.85. The van der Waals surface area contributed by atoms with Gasteiger partial charge in [0.1, 0.15) is 22.9 Å². The number of rotatable bonds is 10. The lowest BCUT2D eigenvalue weighted by Crippen LogP contribution is -2.31. The van der Waals surface area contributed by atoms with Gasteiger partial charge in [-0.3, -0.25) is 4.79 Å². The second-order valence-corrected chi connectivity index (χ2v) is 11.4. The van der Waals surface area contributed by atoms with E-state index in [1.54, 1.807) is 45.0 Å². The van der Waals surface area contributed by atoms with Gasteiger partial charge in [-0.05, 0) is 63.1 Å². The van der Waals surface area contributed by atoms with Gasteiger partial charge in [-0.2, -0.15) is 8.42 Å². The summed E-state index contributed by atoms with van der Waals surface area (Å²) in [5.74, 6) is -0.748. The molecule has 0 aliphatic heterocycles. The normalized spacial score (nSPS) is 12.3. The van der Waals surface area contributed by atoms with Gasteiger partial charge in [-0.15, -0.1) is 0 Å². The maximum Gasteiger partial charge on any atom is 0.407 e. The Kier molecular flexibility index (Phi) is 9.52. The number of aryl methyl sites for hydroxylation is 1. The minimum absolute atomic E-state index is 0.00188. The summed E-state index contributed by atoms with van der Waals surface area (Å²) >= 11 is 0. The lowest BCUT2D eigenvalue weighted by molar-refractivity contribution is -0.155. The van der Waals surface area contributed by atoms with E-state index in [2.05, 4.69) is 5.32 Å². The molecule has 0 aromatic heterocycles. The summed E-state index contributed by atoms with van der Waals surface area (Å²) in [5, 5.41) is 2.70. The maximum absolute atomic E-state index is 12.6. The number of ether oxygens (including phenoxy) is 2. The molecule has 1 amide bonds. The van der Waals surface area contributed by atoms with Crippen LogP contribution in [-0.2, 0) is 31.0 Å². The molecule has 0 aliphatic rings. The molecule has 0 radical (unpaired) electrons. The molecule has 0 fully saturated rings. The fourth-order valence-corrected chi connectivity index (χ4v) is 4.48. The van der Waals surface area contributed by atoms with Crippen LogP contribution in [0.5, 0.6) is 5.75 Å². The Hall–Kier alpha value is -3.85. The number of nitrogens with one attached hydrogen (secondary N) is 1. The summed E-state index contributed by atoms with van der Waals surface area (Å²) in [7, 11) is -4.00. The van der Waals surface area contributed by atoms with Crippen molar-refractivity contribution in [2.75, 3.05) is 6.54 Å². The molecule has 38 heavy (non-hydrogen) atoms. The third-order valence-electron chi connectivity index (χ3n) is 5.41. The summed E-state index contributed by atoms with van der Waals surface area (Å²) < 4.78 is 41.2. The molecule has 9 heteroatoms. The van der Waals surface area contributed by atoms with Gasteiger partial charge in [0.2, 0.25) is 0 Å². The molecule has 0 heterocycles. The SMILES string of the molecule is Cc1ccc(S(=O)(=O)Oc2ccc(C(CNC(=O)OCc3ccccc3)CC(=O)OC(C)(C)C)cc2)cc1. The summed E-state index contributed by atoms with van der Waals surface area (Å²) in [6, 6.07) is 22.0. The molecule has 1 unspecified atom stereocenters. The van der Waals surface area contributed by atoms with E-state index >= 15 is 0 Å². The molecule has 1 N–H and O–H groups in total. The first kappa shape index (κ1) is 28.7. The zero-order valence-electron chi connectivity index (χ0n) is 22.0. The Morgan fingerprint density at radius 3 is 2.13 bits per heavy atom. The average molecular weight is 540 g/mol. The predicted octanol–water partition coefficient (Wildman–Crippen LogP) is 5.50. The summed E-state index contributed by atoms with van der Waals surface area (Å²) in [6.45, 7) is 7.42. The fraction of sp³-hybridized carbons (Fsp3) is 0.310. The third-order valence-corrected chi connectivity index (χ3v) is 6.67. The van der Waals surface area contributed by atoms with Crippen molar-refractivity contribution in [3.8, 4) is 5.75 Å². The number of benzene rings is 3. The van der Waals surface area contributed by atoms with Gasteiger partial charge >= 0.3 is 22.2 Å². The van der Waals surface area contributed by atoms with E-state index < -0.39 is 33.7 Å². The standard InChI is InChI=1S/C29H33NO7S/c1-21-10-16-26(17-11-21)38(33,34)37-25-14-12-23(13-15-25)24(18-27(31)36-29(2,3)4)19-30-28(32)35-20-22-8-6-5-7-9-22/h5-17,24H,18-20H2,1-4H3,(H,30,32). The number of carbonyl (C=O) groups excluding carboxylic acids is 2. The quantitative estimate of drug-likeness (QED) is 0.268. The molecular formula is C29H33NO7S. The summed E-state index contributed by atoms with van der Waals surface area (Å²) in [4.78, 5) is 24.9. The van der Waals surface area contributed by atoms with Crippen molar-refractivity contribution in [2.45, 2.75) is 57.1 Å². The number of esters is 1. The lowest BCUT2D eigenvalue weighted by Gasteiger charge is -2.23. The molecule has 3 rings (SSSR count). The molecule has 0 saturated heterocycles. The highest BCUT2D eigenvalue weighted by Gasteiger charge is 2.23. The van der Waals surface area contributed by atoms with Crippen LogP contribution < -0.4 is 9.50 Å². The molecule has 3 aromatic carbocycles. The van der Waals surface area contributed by atoms with E-state index in [0.717, 1.165) is 11.1 Å². The van der Waals surface area contributed by atoms with E-state index in [1.165, 1.54) is 24.3 Å². The van der Waals surface area contributed by atoms with E-state index in [1.807, 2.05) is 37.3 Å². The molecule has 0 aliphatic carbocycles. The zero-order chi connectivity index (χ0) is 27.8. The number of hydrogen-bond acceptors (Lipinski definition) is 7. The molecular weight excluding hydrogens is 506 g/mol. The van der Waals surface area contributed by atoms with E-state index in [4.69, 9.17) is 13.7 Å². The largest absolute Gasteiger partial charge is 0.460 e. The number of alkyl carbamates (subject to hydrolysis) is 1. The summed E-state index contributed by atoms with van der Waals surface area (Å²) in [5.41, 5.74) is 1.82. The summed E-state index contributed by atoms with van der Waals surface area (Å²) in [6.07, 6.45) is -0.620. The van der Waals surface area contributed by atoms with Crippen LogP contribution in [0.3, 0.4) is 0 Å². The van der Waals surface area contributed by atoms with Gasteiger partial charge < -0.3 is 19.0 Å². The van der Waals surface area contributed by atoms with Crippen molar-refractivity contribution in [3.05, 3.63) is 95.6 Å². The highest BCUT2D eigenvalue weighted by molar-refractivity contribution is 7.87. The molecule has 8 nitrogen and oxygen atoms in total. The van der Waals surface area contributed by atoms with Crippen molar-refractivity contribution in [2.24, 2.45) is 0 Å². The topological polar surface area (TPSA) is 108 Å². The van der Waals surface area contributed by atoms with Gasteiger partial charge in [0, 0.05) is 12.5 Å². The van der Waals surface area contributed by atoms with Crippen LogP contribution in [0.1, 0.15) is 49.8 Å². The van der Waals surface area contributed by atoms with Gasteiger partial charge in [0.15, 0.2) is 0 Å². The number of hydrogen-bond donors (Lipinski definition) is 1.